The molecule has 0 saturated heterocycles. The van der Waals surface area contributed by atoms with Gasteiger partial charge in [0.2, 0.25) is 0 Å². The molecule has 0 heterocycles. The Morgan fingerprint density at radius 3 is 2.39 bits per heavy atom. The zero-order valence-corrected chi connectivity index (χ0v) is 11.6. The predicted molar refractivity (Wildman–Crippen MR) is 75.7 cm³/mol. The van der Waals surface area contributed by atoms with E-state index < -0.39 is 0 Å². The Balaban J connectivity index is 1.91. The summed E-state index contributed by atoms with van der Waals surface area (Å²) in [6, 6.07) is 8.03. The highest BCUT2D eigenvalue weighted by Crippen LogP contribution is 2.27. The van der Waals surface area contributed by atoms with Crippen LogP contribution in [0.15, 0.2) is 24.3 Å². The Kier molecular flexibility index (Phi) is 4.65. The zero-order chi connectivity index (χ0) is 13.0. The normalized spacial score (nSPS) is 19.1. The second-order valence-corrected chi connectivity index (χ2v) is 5.71. The highest BCUT2D eigenvalue weighted by molar-refractivity contribution is 5.27. The molecule has 18 heavy (non-hydrogen) atoms. The first-order valence-corrected chi connectivity index (χ1v) is 7.16. The van der Waals surface area contributed by atoms with Gasteiger partial charge in [0.1, 0.15) is 5.75 Å². The molecule has 0 bridgehead atoms. The summed E-state index contributed by atoms with van der Waals surface area (Å²) in [7, 11) is 2.21. The molecule has 1 aromatic carbocycles. The largest absolute Gasteiger partial charge is 0.508 e. The van der Waals surface area contributed by atoms with Gasteiger partial charge < -0.3 is 5.11 Å². The van der Waals surface area contributed by atoms with Crippen molar-refractivity contribution in [3.63, 3.8) is 0 Å². The van der Waals surface area contributed by atoms with Crippen LogP contribution in [0.4, 0.5) is 0 Å². The van der Waals surface area contributed by atoms with Gasteiger partial charge in [0.15, 0.2) is 0 Å². The van der Waals surface area contributed by atoms with Crippen LogP contribution in [-0.4, -0.2) is 23.6 Å². The van der Waals surface area contributed by atoms with Crippen LogP contribution in [0.25, 0.3) is 0 Å². The van der Waals surface area contributed by atoms with Gasteiger partial charge in [-0.25, -0.2) is 0 Å². The lowest BCUT2D eigenvalue weighted by atomic mass is 9.88. The summed E-state index contributed by atoms with van der Waals surface area (Å²) in [6.07, 6.45) is 7.03. The van der Waals surface area contributed by atoms with Crippen LogP contribution in [0.3, 0.4) is 0 Å². The molecule has 100 valence electrons. The van der Waals surface area contributed by atoms with Crippen LogP contribution in [0.1, 0.15) is 50.6 Å². The molecule has 1 fully saturated rings. The smallest absolute Gasteiger partial charge is 0.115 e. The zero-order valence-electron chi connectivity index (χ0n) is 11.6. The number of benzene rings is 1. The fourth-order valence-corrected chi connectivity index (χ4v) is 2.94. The molecule has 1 aliphatic rings. The molecule has 1 aliphatic carbocycles. The van der Waals surface area contributed by atoms with Crippen LogP contribution in [0, 0.1) is 5.92 Å². The number of nitrogens with zero attached hydrogens (tertiary/aromatic N) is 1. The third kappa shape index (κ3) is 3.49. The first-order chi connectivity index (χ1) is 8.66. The van der Waals surface area contributed by atoms with Crippen LogP contribution >= 0.6 is 0 Å². The van der Waals surface area contributed by atoms with Gasteiger partial charge in [0, 0.05) is 12.6 Å². The average Bonchev–Trinajstić information content (AvgIpc) is 2.40. The third-order valence-electron chi connectivity index (χ3n) is 4.31. The van der Waals surface area contributed by atoms with Crippen molar-refractivity contribution < 1.29 is 5.11 Å². The Morgan fingerprint density at radius 2 is 1.78 bits per heavy atom. The summed E-state index contributed by atoms with van der Waals surface area (Å²) in [4.78, 5) is 2.45. The van der Waals surface area contributed by atoms with E-state index >= 15 is 0 Å². The summed E-state index contributed by atoms with van der Waals surface area (Å²) >= 11 is 0. The second kappa shape index (κ2) is 6.24. The lowest BCUT2D eigenvalue weighted by Gasteiger charge is -2.31. The molecule has 0 radical (unpaired) electrons. The molecule has 1 aromatic rings. The van der Waals surface area contributed by atoms with E-state index in [1.165, 1.54) is 44.2 Å². The van der Waals surface area contributed by atoms with Crippen molar-refractivity contribution in [2.24, 2.45) is 5.92 Å². The number of phenols is 1. The molecular weight excluding hydrogens is 222 g/mol. The van der Waals surface area contributed by atoms with E-state index in [1.54, 1.807) is 12.1 Å². The Hall–Kier alpha value is -1.02. The topological polar surface area (TPSA) is 23.5 Å². The summed E-state index contributed by atoms with van der Waals surface area (Å²) in [6.45, 7) is 3.44. The summed E-state index contributed by atoms with van der Waals surface area (Å²) in [5.41, 5.74) is 1.28. The summed E-state index contributed by atoms with van der Waals surface area (Å²) < 4.78 is 0. The minimum absolute atomic E-state index is 0.348. The van der Waals surface area contributed by atoms with Gasteiger partial charge in [0.05, 0.1) is 0 Å². The molecule has 2 rings (SSSR count). The molecule has 0 aliphatic heterocycles. The first-order valence-electron chi connectivity index (χ1n) is 7.16. The molecule has 1 saturated carbocycles. The van der Waals surface area contributed by atoms with Crippen LogP contribution in [-0.2, 0) is 0 Å². The molecule has 1 N–H and O–H groups in total. The van der Waals surface area contributed by atoms with Crippen molar-refractivity contribution >= 4 is 0 Å². The van der Waals surface area contributed by atoms with Crippen molar-refractivity contribution in [1.82, 2.24) is 4.90 Å². The highest BCUT2D eigenvalue weighted by Gasteiger charge is 2.18. The molecule has 0 spiro atoms. The molecule has 1 unspecified atom stereocenters. The molecule has 2 nitrogen and oxygen atoms in total. The monoisotopic (exact) mass is 247 g/mol. The van der Waals surface area contributed by atoms with Crippen molar-refractivity contribution in [3.8, 4) is 5.75 Å². The van der Waals surface area contributed by atoms with E-state index in [1.807, 2.05) is 12.1 Å². The van der Waals surface area contributed by atoms with Gasteiger partial charge in [-0.3, -0.25) is 4.90 Å². The van der Waals surface area contributed by atoms with Gasteiger partial charge in [-0.15, -0.1) is 0 Å². The lowest BCUT2D eigenvalue weighted by Crippen LogP contribution is -2.29. The minimum atomic E-state index is 0.348. The van der Waals surface area contributed by atoms with Crippen LogP contribution < -0.4 is 0 Å². The van der Waals surface area contributed by atoms with E-state index in [0.29, 0.717) is 11.8 Å². The SMILES string of the molecule is CC(c1ccc(O)cc1)N(C)CC1CCCCC1. The third-order valence-corrected chi connectivity index (χ3v) is 4.31. The van der Waals surface area contributed by atoms with E-state index in [9.17, 15) is 5.11 Å². The summed E-state index contributed by atoms with van der Waals surface area (Å²) in [5, 5.41) is 9.32. The Labute approximate surface area is 111 Å². The fourth-order valence-electron chi connectivity index (χ4n) is 2.94. The second-order valence-electron chi connectivity index (χ2n) is 5.71. The van der Waals surface area contributed by atoms with Crippen molar-refractivity contribution in [3.05, 3.63) is 29.8 Å². The van der Waals surface area contributed by atoms with Gasteiger partial charge in [-0.2, -0.15) is 0 Å². The first kappa shape index (κ1) is 13.4. The van der Waals surface area contributed by atoms with Crippen LogP contribution in [0.2, 0.25) is 0 Å². The maximum atomic E-state index is 9.32. The Morgan fingerprint density at radius 1 is 1.17 bits per heavy atom. The molecule has 0 aromatic heterocycles. The van der Waals surface area contributed by atoms with Crippen LogP contribution in [0.5, 0.6) is 5.75 Å². The number of phenolic OH excluding ortho intramolecular Hbond substituents is 1. The van der Waals surface area contributed by atoms with Crippen molar-refractivity contribution in [2.45, 2.75) is 45.1 Å². The maximum absolute atomic E-state index is 9.32. The van der Waals surface area contributed by atoms with Gasteiger partial charge in [0.25, 0.3) is 0 Å². The van der Waals surface area contributed by atoms with Crippen molar-refractivity contribution in [1.29, 1.82) is 0 Å². The standard InChI is InChI=1S/C16H25NO/c1-13(15-8-10-16(18)11-9-15)17(2)12-14-6-4-3-5-7-14/h8-11,13-14,18H,3-7,12H2,1-2H3. The molecule has 2 heteroatoms. The van der Waals surface area contributed by atoms with E-state index in [2.05, 4.69) is 18.9 Å². The maximum Gasteiger partial charge on any atom is 0.115 e. The molecule has 1 atom stereocenters. The van der Waals surface area contributed by atoms with Crippen molar-refractivity contribution in [2.75, 3.05) is 13.6 Å². The molecular formula is C16H25NO. The minimum Gasteiger partial charge on any atom is -0.508 e. The van der Waals surface area contributed by atoms with E-state index in [-0.39, 0.29) is 0 Å². The van der Waals surface area contributed by atoms with E-state index in [0.717, 1.165) is 5.92 Å². The number of aromatic hydroxyl groups is 1. The van der Waals surface area contributed by atoms with Gasteiger partial charge in [-0.1, -0.05) is 31.4 Å². The van der Waals surface area contributed by atoms with Gasteiger partial charge in [-0.05, 0) is 50.4 Å². The molecule has 0 amide bonds. The van der Waals surface area contributed by atoms with Gasteiger partial charge >= 0.3 is 0 Å². The number of hydrogen-bond acceptors (Lipinski definition) is 2. The fraction of sp³-hybridized carbons (Fsp3) is 0.625. The number of hydrogen-bond donors (Lipinski definition) is 1. The Bertz CT molecular complexity index is 354. The number of rotatable bonds is 4. The lowest BCUT2D eigenvalue weighted by molar-refractivity contribution is 0.192. The predicted octanol–water partition coefficient (Wildman–Crippen LogP) is 3.97. The highest BCUT2D eigenvalue weighted by atomic mass is 16.3. The average molecular weight is 247 g/mol. The quantitative estimate of drug-likeness (QED) is 0.870. The van der Waals surface area contributed by atoms with E-state index in [4.69, 9.17) is 0 Å². The summed E-state index contributed by atoms with van der Waals surface area (Å²) in [5.74, 6) is 1.23.